The first-order chi connectivity index (χ1) is 18.6. The highest BCUT2D eigenvalue weighted by molar-refractivity contribution is 5.80. The molecule has 0 aliphatic carbocycles. The summed E-state index contributed by atoms with van der Waals surface area (Å²) in [5.41, 5.74) is 3.65. The molecule has 198 valence electrons. The van der Waals surface area contributed by atoms with Gasteiger partial charge in [-0.15, -0.1) is 5.10 Å². The van der Waals surface area contributed by atoms with E-state index < -0.39 is 6.04 Å². The monoisotopic (exact) mass is 514 g/mol. The van der Waals surface area contributed by atoms with Crippen LogP contribution in [0.5, 0.6) is 0 Å². The Hall–Kier alpha value is -3.85. The van der Waals surface area contributed by atoms with Crippen molar-refractivity contribution in [2.75, 3.05) is 19.7 Å². The maximum atomic E-state index is 13.5. The van der Waals surface area contributed by atoms with Gasteiger partial charge in [0.25, 0.3) is 5.56 Å². The van der Waals surface area contributed by atoms with E-state index >= 15 is 0 Å². The quantitative estimate of drug-likeness (QED) is 0.340. The van der Waals surface area contributed by atoms with Gasteiger partial charge in [0.1, 0.15) is 6.04 Å². The Balaban J connectivity index is 1.51. The first-order valence-electron chi connectivity index (χ1n) is 13.4. The number of benzene rings is 2. The average Bonchev–Trinajstić information content (AvgIpc) is 3.41. The Bertz CT molecular complexity index is 1440. The van der Waals surface area contributed by atoms with Gasteiger partial charge >= 0.3 is 5.97 Å². The lowest BCUT2D eigenvalue weighted by molar-refractivity contribution is -0.149. The minimum absolute atomic E-state index is 0.136. The zero-order valence-electron chi connectivity index (χ0n) is 22.0. The SMILES string of the molecule is CCOC(=O)C1CCN([C@H](c2cc3cc(CC)ccc3[nH]c2=O)c2nnnn2CCc2ccccc2)CC1. The van der Waals surface area contributed by atoms with Gasteiger partial charge in [-0.2, -0.15) is 0 Å². The standard InChI is InChI=1S/C29H34N6O3/c1-3-20-10-11-25-23(18-20)19-24(28(36)30-25)26(34-15-13-22(14-16-34)29(37)38-4-2)27-31-32-33-35(27)17-12-21-8-6-5-7-9-21/h5-11,18-19,22,26H,3-4,12-17H2,1-2H3,(H,30,36)/t26-/m1/s1. The second-order valence-electron chi connectivity index (χ2n) is 9.79. The number of piperidine rings is 1. The van der Waals surface area contributed by atoms with Gasteiger partial charge in [0, 0.05) is 30.7 Å². The summed E-state index contributed by atoms with van der Waals surface area (Å²) >= 11 is 0. The van der Waals surface area contributed by atoms with Crippen molar-refractivity contribution in [1.82, 2.24) is 30.1 Å². The third-order valence-corrected chi connectivity index (χ3v) is 7.41. The molecule has 5 rings (SSSR count). The first kappa shape index (κ1) is 25.8. The molecule has 0 saturated carbocycles. The van der Waals surface area contributed by atoms with E-state index in [-0.39, 0.29) is 17.4 Å². The second kappa shape index (κ2) is 11.7. The number of esters is 1. The number of tetrazole rings is 1. The predicted octanol–water partition coefficient (Wildman–Crippen LogP) is 3.68. The van der Waals surface area contributed by atoms with E-state index in [2.05, 4.69) is 50.5 Å². The number of carbonyl (C=O) groups excluding carboxylic acids is 1. The van der Waals surface area contributed by atoms with Crippen LogP contribution in [0.4, 0.5) is 0 Å². The van der Waals surface area contributed by atoms with Crippen molar-refractivity contribution >= 4 is 16.9 Å². The van der Waals surface area contributed by atoms with E-state index in [0.717, 1.165) is 23.7 Å². The Labute approximate surface area is 221 Å². The highest BCUT2D eigenvalue weighted by atomic mass is 16.5. The summed E-state index contributed by atoms with van der Waals surface area (Å²) in [5, 5.41) is 13.7. The molecule has 1 atom stereocenters. The van der Waals surface area contributed by atoms with Crippen molar-refractivity contribution in [2.45, 2.75) is 52.1 Å². The number of aryl methyl sites for hydroxylation is 3. The number of carbonyl (C=O) groups is 1. The molecule has 0 unspecified atom stereocenters. The van der Waals surface area contributed by atoms with Crippen LogP contribution in [-0.4, -0.2) is 55.8 Å². The molecule has 38 heavy (non-hydrogen) atoms. The van der Waals surface area contributed by atoms with Crippen molar-refractivity contribution < 1.29 is 9.53 Å². The number of aromatic amines is 1. The van der Waals surface area contributed by atoms with Crippen LogP contribution < -0.4 is 5.56 Å². The van der Waals surface area contributed by atoms with Gasteiger partial charge < -0.3 is 9.72 Å². The number of H-pyrrole nitrogens is 1. The van der Waals surface area contributed by atoms with Gasteiger partial charge in [0.2, 0.25) is 0 Å². The molecule has 1 aliphatic rings. The van der Waals surface area contributed by atoms with Crippen molar-refractivity contribution in [3.63, 3.8) is 0 Å². The molecule has 0 spiro atoms. The summed E-state index contributed by atoms with van der Waals surface area (Å²) in [6.07, 6.45) is 3.00. The summed E-state index contributed by atoms with van der Waals surface area (Å²) in [7, 11) is 0. The van der Waals surface area contributed by atoms with Crippen molar-refractivity contribution in [3.8, 4) is 0 Å². The third-order valence-electron chi connectivity index (χ3n) is 7.41. The van der Waals surface area contributed by atoms with Gasteiger partial charge in [-0.05, 0) is 77.7 Å². The Kier molecular flexibility index (Phi) is 7.93. The minimum atomic E-state index is -0.442. The summed E-state index contributed by atoms with van der Waals surface area (Å²) in [4.78, 5) is 31.2. The van der Waals surface area contributed by atoms with Crippen LogP contribution in [0.25, 0.3) is 10.9 Å². The van der Waals surface area contributed by atoms with Crippen molar-refractivity contribution in [2.24, 2.45) is 5.92 Å². The molecule has 1 aliphatic heterocycles. The van der Waals surface area contributed by atoms with E-state index in [1.54, 1.807) is 4.68 Å². The van der Waals surface area contributed by atoms with Gasteiger partial charge in [0.05, 0.1) is 12.5 Å². The lowest BCUT2D eigenvalue weighted by Gasteiger charge is -2.36. The van der Waals surface area contributed by atoms with Crippen LogP contribution in [0.2, 0.25) is 0 Å². The normalized spacial score (nSPS) is 15.5. The van der Waals surface area contributed by atoms with Crippen LogP contribution in [0.15, 0.2) is 59.4 Å². The second-order valence-corrected chi connectivity index (χ2v) is 9.79. The molecule has 0 bridgehead atoms. The van der Waals surface area contributed by atoms with E-state index in [9.17, 15) is 9.59 Å². The van der Waals surface area contributed by atoms with Crippen molar-refractivity contribution in [1.29, 1.82) is 0 Å². The van der Waals surface area contributed by atoms with Crippen LogP contribution in [0, 0.1) is 5.92 Å². The Morgan fingerprint density at radius 2 is 1.87 bits per heavy atom. The van der Waals surface area contributed by atoms with Crippen LogP contribution in [-0.2, 0) is 28.9 Å². The number of likely N-dealkylation sites (tertiary alicyclic amines) is 1. The third kappa shape index (κ3) is 5.52. The molecule has 9 heteroatoms. The van der Waals surface area contributed by atoms with Gasteiger partial charge in [-0.3, -0.25) is 14.5 Å². The topological polar surface area (TPSA) is 106 Å². The summed E-state index contributed by atoms with van der Waals surface area (Å²) < 4.78 is 7.07. The summed E-state index contributed by atoms with van der Waals surface area (Å²) in [6.45, 7) is 6.18. The Morgan fingerprint density at radius 3 is 2.61 bits per heavy atom. The zero-order valence-corrected chi connectivity index (χ0v) is 22.0. The molecular formula is C29H34N6O3. The van der Waals surface area contributed by atoms with E-state index in [1.807, 2.05) is 43.3 Å². The van der Waals surface area contributed by atoms with Crippen LogP contribution >= 0.6 is 0 Å². The van der Waals surface area contributed by atoms with Crippen LogP contribution in [0.1, 0.15) is 55.2 Å². The summed E-state index contributed by atoms with van der Waals surface area (Å²) in [6, 6.07) is 17.9. The molecule has 1 fully saturated rings. The Morgan fingerprint density at radius 1 is 1.08 bits per heavy atom. The molecule has 0 amide bonds. The molecule has 1 N–H and O–H groups in total. The number of pyridine rings is 1. The van der Waals surface area contributed by atoms with E-state index in [1.165, 1.54) is 11.1 Å². The number of fused-ring (bicyclic) bond motifs is 1. The number of hydrogen-bond acceptors (Lipinski definition) is 7. The molecule has 3 heterocycles. The predicted molar refractivity (Wildman–Crippen MR) is 145 cm³/mol. The van der Waals surface area contributed by atoms with Crippen LogP contribution in [0.3, 0.4) is 0 Å². The molecule has 4 aromatic rings. The lowest BCUT2D eigenvalue weighted by Crippen LogP contribution is -2.42. The van der Waals surface area contributed by atoms with E-state index in [4.69, 9.17) is 4.74 Å². The molecule has 2 aromatic heterocycles. The smallest absolute Gasteiger partial charge is 0.309 e. The van der Waals surface area contributed by atoms with Gasteiger partial charge in [-0.25, -0.2) is 4.68 Å². The average molecular weight is 515 g/mol. The first-order valence-corrected chi connectivity index (χ1v) is 13.4. The highest BCUT2D eigenvalue weighted by Gasteiger charge is 2.35. The fraction of sp³-hybridized carbons (Fsp3) is 0.414. The number of rotatable bonds is 9. The summed E-state index contributed by atoms with van der Waals surface area (Å²) in [5.74, 6) is 0.349. The van der Waals surface area contributed by atoms with Gasteiger partial charge in [-0.1, -0.05) is 43.3 Å². The number of nitrogens with zero attached hydrogens (tertiary/aromatic N) is 5. The molecule has 9 nitrogen and oxygen atoms in total. The number of ether oxygens (including phenoxy) is 1. The maximum absolute atomic E-state index is 13.5. The van der Waals surface area contributed by atoms with E-state index in [0.29, 0.717) is 50.5 Å². The fourth-order valence-electron chi connectivity index (χ4n) is 5.29. The number of nitrogens with one attached hydrogen (secondary N) is 1. The highest BCUT2D eigenvalue weighted by Crippen LogP contribution is 2.31. The molecule has 2 aromatic carbocycles. The zero-order chi connectivity index (χ0) is 26.5. The maximum Gasteiger partial charge on any atom is 0.309 e. The lowest BCUT2D eigenvalue weighted by atomic mass is 9.93. The molecule has 0 radical (unpaired) electrons. The largest absolute Gasteiger partial charge is 0.466 e. The van der Waals surface area contributed by atoms with Gasteiger partial charge in [0.15, 0.2) is 5.82 Å². The minimum Gasteiger partial charge on any atom is -0.466 e. The molecule has 1 saturated heterocycles. The van der Waals surface area contributed by atoms with Crippen molar-refractivity contribution in [3.05, 3.63) is 87.5 Å². The number of aromatic nitrogens is 5. The molecular weight excluding hydrogens is 480 g/mol. The fourth-order valence-corrected chi connectivity index (χ4v) is 5.29. The number of hydrogen-bond donors (Lipinski definition) is 1.